The van der Waals surface area contributed by atoms with Crippen molar-refractivity contribution < 1.29 is 9.90 Å². The highest BCUT2D eigenvalue weighted by molar-refractivity contribution is 6.42. The van der Waals surface area contributed by atoms with Crippen molar-refractivity contribution in [1.29, 1.82) is 0 Å². The molecule has 2 aromatic rings. The van der Waals surface area contributed by atoms with Gasteiger partial charge in [0.05, 0.1) is 15.1 Å². The molecule has 1 atom stereocenters. The maximum Gasteiger partial charge on any atom is 0.251 e. The Morgan fingerprint density at radius 1 is 1.08 bits per heavy atom. The number of rotatable bonds is 6. The van der Waals surface area contributed by atoms with E-state index in [1.165, 1.54) is 0 Å². The molecule has 7 heteroatoms. The van der Waals surface area contributed by atoms with Crippen molar-refractivity contribution in [3.63, 3.8) is 0 Å². The minimum atomic E-state index is -0.214. The number of hydrogen-bond donors (Lipinski definition) is 2. The molecule has 0 spiro atoms. The van der Waals surface area contributed by atoms with Gasteiger partial charge >= 0.3 is 0 Å². The first-order valence-electron chi connectivity index (χ1n) is 7.65. The van der Waals surface area contributed by atoms with Crippen LogP contribution in [0.4, 0.5) is 0 Å². The van der Waals surface area contributed by atoms with E-state index in [0.29, 0.717) is 33.6 Å². The summed E-state index contributed by atoms with van der Waals surface area (Å²) < 4.78 is 0. The number of nitrogens with zero attached hydrogens (tertiary/aromatic N) is 1. The fraction of sp³-hybridized carbons (Fsp3) is 0.278. The van der Waals surface area contributed by atoms with Gasteiger partial charge in [0.15, 0.2) is 0 Å². The summed E-state index contributed by atoms with van der Waals surface area (Å²) >= 11 is 17.8. The molecule has 1 amide bonds. The van der Waals surface area contributed by atoms with E-state index >= 15 is 0 Å². The van der Waals surface area contributed by atoms with Crippen LogP contribution in [0, 0.1) is 0 Å². The van der Waals surface area contributed by atoms with Crippen molar-refractivity contribution in [2.24, 2.45) is 0 Å². The lowest BCUT2D eigenvalue weighted by atomic mass is 10.0. The number of likely N-dealkylation sites (N-methyl/N-ethyl adjacent to an activating group) is 1. The van der Waals surface area contributed by atoms with Crippen LogP contribution in [0.5, 0.6) is 5.75 Å². The molecule has 0 radical (unpaired) electrons. The van der Waals surface area contributed by atoms with Crippen molar-refractivity contribution in [2.45, 2.75) is 12.5 Å². The van der Waals surface area contributed by atoms with Crippen molar-refractivity contribution in [3.8, 4) is 5.75 Å². The topological polar surface area (TPSA) is 52.6 Å². The molecule has 0 fully saturated rings. The first-order valence-corrected chi connectivity index (χ1v) is 8.78. The monoisotopic (exact) mass is 400 g/mol. The molecule has 2 aromatic carbocycles. The molecule has 0 bridgehead atoms. The van der Waals surface area contributed by atoms with E-state index in [-0.39, 0.29) is 17.7 Å². The van der Waals surface area contributed by atoms with Crippen molar-refractivity contribution in [3.05, 3.63) is 62.6 Å². The number of benzene rings is 2. The Balaban J connectivity index is 2.02. The van der Waals surface area contributed by atoms with E-state index in [1.807, 2.05) is 25.1 Å². The molecule has 0 aliphatic carbocycles. The number of phenolic OH excluding ortho intramolecular Hbond substituents is 1. The molecule has 0 unspecified atom stereocenters. The van der Waals surface area contributed by atoms with Crippen LogP contribution in [0.3, 0.4) is 0 Å². The fourth-order valence-corrected chi connectivity index (χ4v) is 2.84. The first kappa shape index (κ1) is 19.9. The summed E-state index contributed by atoms with van der Waals surface area (Å²) in [5, 5.41) is 13.5. The van der Waals surface area contributed by atoms with E-state index in [2.05, 4.69) is 5.32 Å². The Bertz CT molecular complexity index is 766. The van der Waals surface area contributed by atoms with Gasteiger partial charge in [-0.3, -0.25) is 4.79 Å². The van der Waals surface area contributed by atoms with E-state index in [9.17, 15) is 9.90 Å². The van der Waals surface area contributed by atoms with Crippen LogP contribution in [-0.4, -0.2) is 42.6 Å². The molecule has 2 rings (SSSR count). The van der Waals surface area contributed by atoms with Gasteiger partial charge in [0.1, 0.15) is 5.75 Å². The van der Waals surface area contributed by atoms with Gasteiger partial charge in [0.25, 0.3) is 5.91 Å². The largest absolute Gasteiger partial charge is 0.506 e. The molecule has 134 valence electrons. The molecule has 0 saturated heterocycles. The Morgan fingerprint density at radius 2 is 1.80 bits per heavy atom. The second kappa shape index (κ2) is 8.77. The SMILES string of the molecule is CN(C)[C@H](CNC(=O)c1ccc(Cl)c(Cl)c1)Cc1ccc(O)c(Cl)c1. The maximum atomic E-state index is 12.3. The number of carbonyl (C=O) groups is 1. The number of carbonyl (C=O) groups excluding carboxylic acids is 1. The van der Waals surface area contributed by atoms with E-state index in [0.717, 1.165) is 5.56 Å². The van der Waals surface area contributed by atoms with E-state index < -0.39 is 0 Å². The second-order valence-electron chi connectivity index (χ2n) is 5.95. The van der Waals surface area contributed by atoms with Crippen molar-refractivity contribution >= 4 is 40.7 Å². The summed E-state index contributed by atoms with van der Waals surface area (Å²) in [5.41, 5.74) is 1.44. The third kappa shape index (κ3) is 5.51. The Hall–Kier alpha value is -1.46. The number of nitrogens with one attached hydrogen (secondary N) is 1. The van der Waals surface area contributed by atoms with Crippen LogP contribution in [0.25, 0.3) is 0 Å². The predicted octanol–water partition coefficient (Wildman–Crippen LogP) is 4.26. The zero-order valence-corrected chi connectivity index (χ0v) is 16.2. The Labute approximate surface area is 162 Å². The average Bonchev–Trinajstić information content (AvgIpc) is 2.56. The smallest absolute Gasteiger partial charge is 0.251 e. The van der Waals surface area contributed by atoms with Crippen LogP contribution in [0.15, 0.2) is 36.4 Å². The molecule has 25 heavy (non-hydrogen) atoms. The van der Waals surface area contributed by atoms with Gasteiger partial charge in [-0.25, -0.2) is 0 Å². The Kier molecular flexibility index (Phi) is 6.96. The maximum absolute atomic E-state index is 12.3. The third-order valence-electron chi connectivity index (χ3n) is 3.89. The lowest BCUT2D eigenvalue weighted by molar-refractivity contribution is 0.0941. The van der Waals surface area contributed by atoms with Crippen molar-refractivity contribution in [2.75, 3.05) is 20.6 Å². The molecular formula is C18H19Cl3N2O2. The van der Waals surface area contributed by atoms with E-state index in [4.69, 9.17) is 34.8 Å². The zero-order chi connectivity index (χ0) is 18.6. The fourth-order valence-electron chi connectivity index (χ4n) is 2.34. The number of aromatic hydroxyl groups is 1. The van der Waals surface area contributed by atoms with Crippen LogP contribution < -0.4 is 5.32 Å². The quantitative estimate of drug-likeness (QED) is 0.760. The summed E-state index contributed by atoms with van der Waals surface area (Å²) in [7, 11) is 3.88. The van der Waals surface area contributed by atoms with Gasteiger partial charge in [0, 0.05) is 18.2 Å². The molecular weight excluding hydrogens is 383 g/mol. The van der Waals surface area contributed by atoms with Gasteiger partial charge in [-0.2, -0.15) is 0 Å². The first-order chi connectivity index (χ1) is 11.8. The summed E-state index contributed by atoms with van der Waals surface area (Å²) in [4.78, 5) is 14.3. The molecule has 0 aliphatic rings. The molecule has 4 nitrogen and oxygen atoms in total. The van der Waals surface area contributed by atoms with Gasteiger partial charge in [-0.15, -0.1) is 0 Å². The van der Waals surface area contributed by atoms with Gasteiger partial charge < -0.3 is 15.3 Å². The molecule has 0 heterocycles. The average molecular weight is 402 g/mol. The normalized spacial score (nSPS) is 12.2. The zero-order valence-electron chi connectivity index (χ0n) is 13.9. The molecule has 0 aliphatic heterocycles. The summed E-state index contributed by atoms with van der Waals surface area (Å²) in [6.07, 6.45) is 0.675. The molecule has 0 aromatic heterocycles. The van der Waals surface area contributed by atoms with Crippen LogP contribution in [0.2, 0.25) is 15.1 Å². The molecule has 0 saturated carbocycles. The van der Waals surface area contributed by atoms with Crippen LogP contribution in [-0.2, 0) is 6.42 Å². The van der Waals surface area contributed by atoms with Gasteiger partial charge in [-0.05, 0) is 56.4 Å². The van der Waals surface area contributed by atoms with Crippen molar-refractivity contribution in [1.82, 2.24) is 10.2 Å². The summed E-state index contributed by atoms with van der Waals surface area (Å²) in [6.45, 7) is 0.449. The number of amides is 1. The van der Waals surface area contributed by atoms with Crippen LogP contribution in [0.1, 0.15) is 15.9 Å². The lowest BCUT2D eigenvalue weighted by Gasteiger charge is -2.25. The number of phenols is 1. The predicted molar refractivity (Wildman–Crippen MR) is 103 cm³/mol. The van der Waals surface area contributed by atoms with Gasteiger partial charge in [0.2, 0.25) is 0 Å². The highest BCUT2D eigenvalue weighted by Gasteiger charge is 2.16. The standard InChI is InChI=1S/C18H19Cl3N2O2/c1-23(2)13(7-11-3-6-17(24)16(21)8-11)10-22-18(25)12-4-5-14(19)15(20)9-12/h3-6,8-9,13,24H,7,10H2,1-2H3,(H,22,25)/t13-/m0/s1. The number of hydrogen-bond acceptors (Lipinski definition) is 3. The molecule has 2 N–H and O–H groups in total. The van der Waals surface area contributed by atoms with Gasteiger partial charge in [-0.1, -0.05) is 40.9 Å². The summed E-state index contributed by atoms with van der Waals surface area (Å²) in [6, 6.07) is 9.95. The van der Waals surface area contributed by atoms with E-state index in [1.54, 1.807) is 30.3 Å². The minimum absolute atomic E-state index is 0.0553. The second-order valence-corrected chi connectivity index (χ2v) is 7.17. The minimum Gasteiger partial charge on any atom is -0.506 e. The summed E-state index contributed by atoms with van der Waals surface area (Å²) in [5.74, 6) is -0.158. The lowest BCUT2D eigenvalue weighted by Crippen LogP contribution is -2.41. The number of halogens is 3. The highest BCUT2D eigenvalue weighted by Crippen LogP contribution is 2.25. The van der Waals surface area contributed by atoms with Crippen LogP contribution >= 0.6 is 34.8 Å². The third-order valence-corrected chi connectivity index (χ3v) is 4.94. The Morgan fingerprint density at radius 3 is 2.40 bits per heavy atom. The highest BCUT2D eigenvalue weighted by atomic mass is 35.5.